The Balaban J connectivity index is 2.56. The zero-order valence-corrected chi connectivity index (χ0v) is 11.7. The molecule has 92 valence electrons. The lowest BCUT2D eigenvalue weighted by atomic mass is 9.88. The van der Waals surface area contributed by atoms with Crippen molar-refractivity contribution >= 4 is 5.65 Å². The van der Waals surface area contributed by atoms with Crippen LogP contribution < -0.4 is 4.40 Å². The summed E-state index contributed by atoms with van der Waals surface area (Å²) in [6, 6.07) is 4.25. The molecule has 0 bridgehead atoms. The first-order valence-electron chi connectivity index (χ1n) is 6.09. The Bertz CT molecular complexity index is 527. The summed E-state index contributed by atoms with van der Waals surface area (Å²) in [5.41, 5.74) is 2.51. The summed E-state index contributed by atoms with van der Waals surface area (Å²) in [5, 5.41) is 4.59. The minimum atomic E-state index is 0.0217. The Labute approximate surface area is 103 Å². The van der Waals surface area contributed by atoms with Crippen molar-refractivity contribution in [2.24, 2.45) is 0 Å². The van der Waals surface area contributed by atoms with Gasteiger partial charge in [0.15, 0.2) is 0 Å². The van der Waals surface area contributed by atoms with E-state index in [0.29, 0.717) is 0 Å². The number of hydrogen-bond acceptors (Lipinski definition) is 1. The second-order valence-corrected chi connectivity index (χ2v) is 6.66. The van der Waals surface area contributed by atoms with Crippen LogP contribution in [-0.4, -0.2) is 9.78 Å². The summed E-state index contributed by atoms with van der Waals surface area (Å²) in [7, 11) is 0. The maximum absolute atomic E-state index is 4.59. The van der Waals surface area contributed by atoms with Gasteiger partial charge in [-0.3, -0.25) is 0 Å². The molecule has 0 unspecified atom stereocenters. The fourth-order valence-electron chi connectivity index (χ4n) is 1.71. The molecule has 0 fully saturated rings. The number of pyridine rings is 1. The number of fused-ring (bicyclic) bond motifs is 1. The summed E-state index contributed by atoms with van der Waals surface area (Å²) in [6.45, 7) is 13.1. The van der Waals surface area contributed by atoms with E-state index < -0.39 is 0 Å². The van der Waals surface area contributed by atoms with Crippen LogP contribution in [0.5, 0.6) is 0 Å². The van der Waals surface area contributed by atoms with Crippen LogP contribution in [0, 0.1) is 0 Å². The van der Waals surface area contributed by atoms with E-state index in [1.165, 1.54) is 5.56 Å². The van der Waals surface area contributed by atoms with Gasteiger partial charge in [0.05, 0.1) is 6.20 Å². The molecule has 2 aromatic rings. The van der Waals surface area contributed by atoms with Gasteiger partial charge in [-0.15, -0.1) is 4.68 Å². The third-order valence-electron chi connectivity index (χ3n) is 2.95. The van der Waals surface area contributed by atoms with Crippen LogP contribution in [0.3, 0.4) is 0 Å². The fraction of sp³-hybridized carbons (Fsp3) is 0.571. The van der Waals surface area contributed by atoms with Crippen molar-refractivity contribution in [1.29, 1.82) is 0 Å². The van der Waals surface area contributed by atoms with E-state index >= 15 is 0 Å². The summed E-state index contributed by atoms with van der Waals surface area (Å²) < 4.78 is 4.11. The van der Waals surface area contributed by atoms with Crippen LogP contribution in [0.4, 0.5) is 0 Å². The zero-order valence-electron chi connectivity index (χ0n) is 11.7. The quantitative estimate of drug-likeness (QED) is 0.640. The molecule has 0 spiro atoms. The van der Waals surface area contributed by atoms with Crippen molar-refractivity contribution in [2.75, 3.05) is 0 Å². The Kier molecular flexibility index (Phi) is 2.53. The van der Waals surface area contributed by atoms with Crippen LogP contribution in [0.2, 0.25) is 0 Å². The first kappa shape index (κ1) is 12.1. The lowest BCUT2D eigenvalue weighted by molar-refractivity contribution is -0.514. The molecule has 0 N–H and O–H groups in total. The second-order valence-electron chi connectivity index (χ2n) is 6.66. The van der Waals surface area contributed by atoms with Crippen LogP contribution in [0.1, 0.15) is 47.1 Å². The molecule has 0 amide bonds. The van der Waals surface area contributed by atoms with Crippen molar-refractivity contribution < 1.29 is 4.40 Å². The minimum Gasteiger partial charge on any atom is -0.204 e. The average molecular weight is 232 g/mol. The van der Waals surface area contributed by atoms with Crippen molar-refractivity contribution in [3.05, 3.63) is 30.2 Å². The molecular formula is C14H22N3+. The monoisotopic (exact) mass is 232 g/mol. The summed E-state index contributed by atoms with van der Waals surface area (Å²) in [5.74, 6) is 0. The smallest absolute Gasteiger partial charge is 0.204 e. The Morgan fingerprint density at radius 1 is 1.06 bits per heavy atom. The van der Waals surface area contributed by atoms with Gasteiger partial charge in [-0.05, 0) is 37.8 Å². The highest BCUT2D eigenvalue weighted by atomic mass is 15.4. The third-order valence-corrected chi connectivity index (χ3v) is 2.95. The van der Waals surface area contributed by atoms with Gasteiger partial charge in [-0.1, -0.05) is 20.8 Å². The highest BCUT2D eigenvalue weighted by Gasteiger charge is 2.24. The van der Waals surface area contributed by atoms with E-state index in [1.807, 2.05) is 4.68 Å². The molecule has 0 aliphatic heterocycles. The Morgan fingerprint density at radius 2 is 1.71 bits per heavy atom. The van der Waals surface area contributed by atoms with E-state index in [2.05, 4.69) is 75.7 Å². The van der Waals surface area contributed by atoms with Gasteiger partial charge in [-0.25, -0.2) is 4.40 Å². The maximum atomic E-state index is 4.59. The maximum Gasteiger partial charge on any atom is 0.305 e. The topological polar surface area (TPSA) is 21.9 Å². The number of aromatic nitrogens is 3. The first-order valence-corrected chi connectivity index (χ1v) is 6.09. The van der Waals surface area contributed by atoms with Crippen LogP contribution >= 0.6 is 0 Å². The molecule has 3 nitrogen and oxygen atoms in total. The van der Waals surface area contributed by atoms with E-state index in [-0.39, 0.29) is 11.0 Å². The van der Waals surface area contributed by atoms with Crippen molar-refractivity contribution in [3.63, 3.8) is 0 Å². The molecule has 2 heterocycles. The van der Waals surface area contributed by atoms with Gasteiger partial charge in [0.2, 0.25) is 6.33 Å². The zero-order chi connectivity index (χ0) is 12.8. The van der Waals surface area contributed by atoms with E-state index in [4.69, 9.17) is 0 Å². The van der Waals surface area contributed by atoms with Gasteiger partial charge in [0.1, 0.15) is 5.54 Å². The standard InChI is InChI=1S/C14H22N3/c1-13(2,3)11-7-8-12-15-17(14(4,5)6)10-16(12)9-11/h7-10H,1-6H3/q+1. The highest BCUT2D eigenvalue weighted by molar-refractivity contribution is 5.31. The normalized spacial score (nSPS) is 13.3. The predicted molar refractivity (Wildman–Crippen MR) is 69.1 cm³/mol. The van der Waals surface area contributed by atoms with Crippen LogP contribution in [-0.2, 0) is 11.0 Å². The molecule has 2 aromatic heterocycles. The van der Waals surface area contributed by atoms with Gasteiger partial charge < -0.3 is 0 Å². The molecule has 0 aliphatic rings. The lowest BCUT2D eigenvalue weighted by Crippen LogP contribution is -2.26. The summed E-state index contributed by atoms with van der Waals surface area (Å²) >= 11 is 0. The fourth-order valence-corrected chi connectivity index (χ4v) is 1.71. The summed E-state index contributed by atoms with van der Waals surface area (Å²) in [6.07, 6.45) is 4.23. The molecule has 0 aliphatic carbocycles. The average Bonchev–Trinajstić information content (AvgIpc) is 2.57. The van der Waals surface area contributed by atoms with Gasteiger partial charge >= 0.3 is 5.65 Å². The highest BCUT2D eigenvalue weighted by Crippen LogP contribution is 2.20. The van der Waals surface area contributed by atoms with Crippen molar-refractivity contribution in [1.82, 2.24) is 9.78 Å². The van der Waals surface area contributed by atoms with Gasteiger partial charge in [0, 0.05) is 11.2 Å². The van der Waals surface area contributed by atoms with E-state index in [1.54, 1.807) is 0 Å². The molecule has 0 aromatic carbocycles. The molecule has 2 rings (SSSR count). The van der Waals surface area contributed by atoms with Gasteiger partial charge in [-0.2, -0.15) is 0 Å². The number of hydrogen-bond donors (Lipinski definition) is 0. The molecule has 0 saturated carbocycles. The van der Waals surface area contributed by atoms with Crippen molar-refractivity contribution in [3.8, 4) is 0 Å². The van der Waals surface area contributed by atoms with Gasteiger partial charge in [0.25, 0.3) is 0 Å². The molecule has 0 saturated heterocycles. The largest absolute Gasteiger partial charge is 0.305 e. The third kappa shape index (κ3) is 2.33. The Hall–Kier alpha value is -1.38. The minimum absolute atomic E-state index is 0.0217. The molecular weight excluding hydrogens is 210 g/mol. The van der Waals surface area contributed by atoms with Crippen LogP contribution in [0.25, 0.3) is 5.65 Å². The lowest BCUT2D eigenvalue weighted by Gasteiger charge is -2.17. The molecule has 0 radical (unpaired) electrons. The molecule has 0 atom stereocenters. The van der Waals surface area contributed by atoms with E-state index in [0.717, 1.165) is 5.65 Å². The van der Waals surface area contributed by atoms with Crippen molar-refractivity contribution in [2.45, 2.75) is 52.5 Å². The summed E-state index contributed by atoms with van der Waals surface area (Å²) in [4.78, 5) is 0. The molecule has 17 heavy (non-hydrogen) atoms. The first-order chi connectivity index (χ1) is 7.68. The van der Waals surface area contributed by atoms with E-state index in [9.17, 15) is 0 Å². The number of rotatable bonds is 0. The van der Waals surface area contributed by atoms with Crippen LogP contribution in [0.15, 0.2) is 24.7 Å². The number of nitrogens with zero attached hydrogens (tertiary/aromatic N) is 3. The molecule has 3 heteroatoms. The SMILES string of the molecule is CC(C)(C)c1ccc2nn(C(C)(C)C)c[n+]2c1. The Morgan fingerprint density at radius 3 is 2.24 bits per heavy atom. The second kappa shape index (κ2) is 3.56. The predicted octanol–water partition coefficient (Wildman–Crippen LogP) is 2.67.